The van der Waals surface area contributed by atoms with E-state index in [1.165, 1.54) is 5.56 Å². The summed E-state index contributed by atoms with van der Waals surface area (Å²) in [5.41, 5.74) is 2.11. The number of benzene rings is 1. The molecular formula is C13H12ClNO. The molecule has 0 saturated carbocycles. The van der Waals surface area contributed by atoms with Crippen molar-refractivity contribution in [1.82, 2.24) is 4.98 Å². The lowest BCUT2D eigenvalue weighted by atomic mass is 10.1. The summed E-state index contributed by atoms with van der Waals surface area (Å²) in [6.45, 7) is 0. The van der Waals surface area contributed by atoms with Crippen LogP contribution in [0.25, 0.3) is 0 Å². The van der Waals surface area contributed by atoms with Crippen LogP contribution in [0.3, 0.4) is 0 Å². The minimum atomic E-state index is 0.747. The van der Waals surface area contributed by atoms with Crippen molar-refractivity contribution in [2.45, 2.75) is 6.42 Å². The largest absolute Gasteiger partial charge is 0.495 e. The Hall–Kier alpha value is -1.54. The highest BCUT2D eigenvalue weighted by atomic mass is 35.5. The molecule has 0 spiro atoms. The molecule has 0 aliphatic carbocycles. The number of hydrogen-bond donors (Lipinski definition) is 0. The number of ether oxygens (including phenoxy) is 1. The predicted octanol–water partition coefficient (Wildman–Crippen LogP) is 3.33. The number of pyridine rings is 1. The summed E-state index contributed by atoms with van der Waals surface area (Å²) in [6, 6.07) is 11.5. The summed E-state index contributed by atoms with van der Waals surface area (Å²) in [4.78, 5) is 4.31. The van der Waals surface area contributed by atoms with Gasteiger partial charge in [0.25, 0.3) is 0 Å². The minimum absolute atomic E-state index is 0.747. The van der Waals surface area contributed by atoms with Gasteiger partial charge in [0.2, 0.25) is 0 Å². The molecule has 1 aromatic carbocycles. The molecule has 2 nitrogen and oxygen atoms in total. The number of aromatic nitrogens is 1. The first kappa shape index (κ1) is 11.0. The summed E-state index contributed by atoms with van der Waals surface area (Å²) in [7, 11) is 1.66. The predicted molar refractivity (Wildman–Crippen MR) is 65.0 cm³/mol. The third-order valence-electron chi connectivity index (χ3n) is 2.35. The van der Waals surface area contributed by atoms with Crippen LogP contribution in [0.4, 0.5) is 0 Å². The van der Waals surface area contributed by atoms with Gasteiger partial charge < -0.3 is 4.74 Å². The van der Waals surface area contributed by atoms with Gasteiger partial charge in [0, 0.05) is 17.6 Å². The van der Waals surface area contributed by atoms with Crippen LogP contribution in [0.2, 0.25) is 5.02 Å². The molecule has 2 aromatic rings. The van der Waals surface area contributed by atoms with Gasteiger partial charge in [0.1, 0.15) is 5.75 Å². The van der Waals surface area contributed by atoms with E-state index < -0.39 is 0 Å². The van der Waals surface area contributed by atoms with E-state index >= 15 is 0 Å². The first-order valence-corrected chi connectivity index (χ1v) is 5.39. The van der Waals surface area contributed by atoms with Gasteiger partial charge in [-0.2, -0.15) is 0 Å². The Morgan fingerprint density at radius 2 is 1.94 bits per heavy atom. The molecule has 0 fully saturated rings. The molecule has 3 heteroatoms. The van der Waals surface area contributed by atoms with Gasteiger partial charge in [-0.3, -0.25) is 4.98 Å². The summed E-state index contributed by atoms with van der Waals surface area (Å²) < 4.78 is 5.25. The molecule has 16 heavy (non-hydrogen) atoms. The molecule has 0 N–H and O–H groups in total. The zero-order valence-corrected chi connectivity index (χ0v) is 9.74. The second-order valence-electron chi connectivity index (χ2n) is 3.46. The van der Waals surface area contributed by atoms with E-state index in [2.05, 4.69) is 4.98 Å². The van der Waals surface area contributed by atoms with Crippen molar-refractivity contribution in [1.29, 1.82) is 0 Å². The van der Waals surface area contributed by atoms with Gasteiger partial charge in [0.05, 0.1) is 12.8 Å². The second-order valence-corrected chi connectivity index (χ2v) is 3.89. The highest BCUT2D eigenvalue weighted by Crippen LogP contribution is 2.19. The van der Waals surface area contributed by atoms with Crippen molar-refractivity contribution >= 4 is 11.6 Å². The van der Waals surface area contributed by atoms with Crippen LogP contribution in [0, 0.1) is 0 Å². The van der Waals surface area contributed by atoms with Crippen LogP contribution in [0.15, 0.2) is 42.6 Å². The highest BCUT2D eigenvalue weighted by molar-refractivity contribution is 6.30. The first-order chi connectivity index (χ1) is 7.79. The molecule has 0 atom stereocenters. The molecule has 1 aromatic heterocycles. The molecule has 0 amide bonds. The summed E-state index contributed by atoms with van der Waals surface area (Å²) >= 11 is 5.83. The van der Waals surface area contributed by atoms with E-state index in [0.29, 0.717) is 0 Å². The van der Waals surface area contributed by atoms with Gasteiger partial charge >= 0.3 is 0 Å². The molecule has 1 heterocycles. The van der Waals surface area contributed by atoms with Crippen LogP contribution < -0.4 is 4.74 Å². The maximum absolute atomic E-state index is 5.83. The smallest absolute Gasteiger partial charge is 0.140 e. The van der Waals surface area contributed by atoms with Crippen molar-refractivity contribution in [2.75, 3.05) is 7.11 Å². The average Bonchev–Trinajstić information content (AvgIpc) is 2.33. The summed E-state index contributed by atoms with van der Waals surface area (Å²) in [5.74, 6) is 0.817. The number of methoxy groups -OCH3 is 1. The van der Waals surface area contributed by atoms with Crippen LogP contribution in [-0.2, 0) is 6.42 Å². The molecule has 0 radical (unpaired) electrons. The molecule has 0 bridgehead atoms. The molecule has 0 unspecified atom stereocenters. The van der Waals surface area contributed by atoms with Gasteiger partial charge in [-0.15, -0.1) is 0 Å². The fourth-order valence-corrected chi connectivity index (χ4v) is 1.66. The Balaban J connectivity index is 2.23. The Bertz CT molecular complexity index is 468. The zero-order valence-electron chi connectivity index (χ0n) is 8.98. The van der Waals surface area contributed by atoms with Crippen LogP contribution in [-0.4, -0.2) is 12.1 Å². The normalized spacial score (nSPS) is 10.1. The Morgan fingerprint density at radius 1 is 1.19 bits per heavy atom. The highest BCUT2D eigenvalue weighted by Gasteiger charge is 2.04. The molecule has 82 valence electrons. The van der Waals surface area contributed by atoms with E-state index in [0.717, 1.165) is 22.9 Å². The lowest BCUT2D eigenvalue weighted by molar-refractivity contribution is 0.408. The molecular weight excluding hydrogens is 222 g/mol. The first-order valence-electron chi connectivity index (χ1n) is 5.02. The Morgan fingerprint density at radius 3 is 2.62 bits per heavy atom. The van der Waals surface area contributed by atoms with E-state index in [4.69, 9.17) is 16.3 Å². The van der Waals surface area contributed by atoms with E-state index in [-0.39, 0.29) is 0 Å². The quantitative estimate of drug-likeness (QED) is 0.811. The van der Waals surface area contributed by atoms with Crippen LogP contribution in [0.5, 0.6) is 5.75 Å². The number of hydrogen-bond acceptors (Lipinski definition) is 2. The van der Waals surface area contributed by atoms with Crippen molar-refractivity contribution in [3.63, 3.8) is 0 Å². The summed E-state index contributed by atoms with van der Waals surface area (Å²) in [5, 5.41) is 0.747. The Labute approximate surface area is 99.9 Å². The minimum Gasteiger partial charge on any atom is -0.495 e. The monoisotopic (exact) mass is 233 g/mol. The summed E-state index contributed by atoms with van der Waals surface area (Å²) in [6.07, 6.45) is 2.52. The lowest BCUT2D eigenvalue weighted by Gasteiger charge is -2.06. The second kappa shape index (κ2) is 4.99. The molecule has 0 aliphatic heterocycles. The van der Waals surface area contributed by atoms with Crippen LogP contribution >= 0.6 is 11.6 Å². The molecule has 2 rings (SSSR count). The Kier molecular flexibility index (Phi) is 3.42. The van der Waals surface area contributed by atoms with Gasteiger partial charge in [-0.25, -0.2) is 0 Å². The molecule has 0 aliphatic rings. The maximum atomic E-state index is 5.83. The van der Waals surface area contributed by atoms with Crippen molar-refractivity contribution in [2.24, 2.45) is 0 Å². The SMILES string of the molecule is COc1cccnc1Cc1ccc(Cl)cc1. The van der Waals surface area contributed by atoms with E-state index in [1.807, 2.05) is 36.4 Å². The average molecular weight is 234 g/mol. The van der Waals surface area contributed by atoms with Crippen molar-refractivity contribution in [3.8, 4) is 5.75 Å². The van der Waals surface area contributed by atoms with Crippen molar-refractivity contribution in [3.05, 3.63) is 58.9 Å². The topological polar surface area (TPSA) is 22.1 Å². The fourth-order valence-electron chi connectivity index (χ4n) is 1.54. The van der Waals surface area contributed by atoms with E-state index in [9.17, 15) is 0 Å². The van der Waals surface area contributed by atoms with Gasteiger partial charge in [-0.1, -0.05) is 23.7 Å². The number of rotatable bonds is 3. The maximum Gasteiger partial charge on any atom is 0.140 e. The van der Waals surface area contributed by atoms with Crippen LogP contribution in [0.1, 0.15) is 11.3 Å². The lowest BCUT2D eigenvalue weighted by Crippen LogP contribution is -1.96. The van der Waals surface area contributed by atoms with E-state index in [1.54, 1.807) is 13.3 Å². The third-order valence-corrected chi connectivity index (χ3v) is 2.61. The molecule has 0 saturated heterocycles. The fraction of sp³-hybridized carbons (Fsp3) is 0.154. The van der Waals surface area contributed by atoms with Crippen molar-refractivity contribution < 1.29 is 4.74 Å². The third kappa shape index (κ3) is 2.52. The number of halogens is 1. The van der Waals surface area contributed by atoms with Gasteiger partial charge in [-0.05, 0) is 29.8 Å². The van der Waals surface area contributed by atoms with Gasteiger partial charge in [0.15, 0.2) is 0 Å². The standard InChI is InChI=1S/C13H12ClNO/c1-16-13-3-2-8-15-12(13)9-10-4-6-11(14)7-5-10/h2-8H,9H2,1H3. The zero-order chi connectivity index (χ0) is 11.4. The number of nitrogens with zero attached hydrogens (tertiary/aromatic N) is 1.